The molecule has 0 aliphatic heterocycles. The van der Waals surface area contributed by atoms with E-state index in [-0.39, 0.29) is 11.9 Å². The topological polar surface area (TPSA) is 12.0 Å². The Morgan fingerprint density at radius 3 is 2.88 bits per heavy atom. The van der Waals surface area contributed by atoms with Gasteiger partial charge in [0.25, 0.3) is 0 Å². The Labute approximate surface area is 105 Å². The molecule has 1 N–H and O–H groups in total. The Kier molecular flexibility index (Phi) is 3.98. The summed E-state index contributed by atoms with van der Waals surface area (Å²) >= 11 is 3.33. The molecule has 0 aromatic heterocycles. The van der Waals surface area contributed by atoms with Crippen LogP contribution in [0.1, 0.15) is 37.3 Å². The van der Waals surface area contributed by atoms with Gasteiger partial charge in [0.05, 0.1) is 4.47 Å². The third-order valence-electron chi connectivity index (χ3n) is 3.27. The fourth-order valence-electron chi connectivity index (χ4n) is 2.05. The summed E-state index contributed by atoms with van der Waals surface area (Å²) in [6, 6.07) is 5.50. The molecule has 1 unspecified atom stereocenters. The number of halogens is 2. The molecule has 0 spiro atoms. The van der Waals surface area contributed by atoms with E-state index in [0.717, 1.165) is 17.9 Å². The highest BCUT2D eigenvalue weighted by Crippen LogP contribution is 2.37. The lowest BCUT2D eigenvalue weighted by molar-refractivity contribution is 0.500. The van der Waals surface area contributed by atoms with Gasteiger partial charge in [-0.2, -0.15) is 0 Å². The lowest BCUT2D eigenvalue weighted by Gasteiger charge is -2.18. The summed E-state index contributed by atoms with van der Waals surface area (Å²) in [4.78, 5) is 0. The van der Waals surface area contributed by atoms with Crippen LogP contribution in [0.5, 0.6) is 0 Å². The minimum atomic E-state index is -0.177. The second-order valence-electron chi connectivity index (χ2n) is 4.51. The smallest absolute Gasteiger partial charge is 0.137 e. The van der Waals surface area contributed by atoms with Crippen molar-refractivity contribution in [3.05, 3.63) is 34.1 Å². The summed E-state index contributed by atoms with van der Waals surface area (Å²) in [5.41, 5.74) is 1.03. The molecule has 1 atom stereocenters. The molecule has 1 aromatic rings. The molecule has 0 heterocycles. The van der Waals surface area contributed by atoms with E-state index in [4.69, 9.17) is 0 Å². The van der Waals surface area contributed by atoms with Crippen LogP contribution in [-0.4, -0.2) is 7.05 Å². The van der Waals surface area contributed by atoms with Gasteiger partial charge in [-0.3, -0.25) is 0 Å². The first-order valence-electron chi connectivity index (χ1n) is 5.83. The van der Waals surface area contributed by atoms with Crippen LogP contribution < -0.4 is 5.32 Å². The highest BCUT2D eigenvalue weighted by atomic mass is 79.9. The molecule has 1 aliphatic rings. The number of hydrogen-bond donors (Lipinski definition) is 1. The van der Waals surface area contributed by atoms with Crippen molar-refractivity contribution >= 4 is 15.9 Å². The van der Waals surface area contributed by atoms with E-state index in [1.165, 1.54) is 25.3 Å². The van der Waals surface area contributed by atoms with Crippen molar-refractivity contribution in [2.24, 2.45) is 5.92 Å². The minimum Gasteiger partial charge on any atom is -0.313 e. The monoisotopic (exact) mass is 285 g/mol. The van der Waals surface area contributed by atoms with E-state index in [1.54, 1.807) is 6.07 Å². The van der Waals surface area contributed by atoms with E-state index < -0.39 is 0 Å². The Bertz CT molecular complexity index is 363. The molecule has 2 rings (SSSR count). The van der Waals surface area contributed by atoms with Gasteiger partial charge in [-0.05, 0) is 53.4 Å². The third-order valence-corrected chi connectivity index (χ3v) is 4.10. The summed E-state index contributed by atoms with van der Waals surface area (Å²) < 4.78 is 14.0. The van der Waals surface area contributed by atoms with Crippen LogP contribution in [0.3, 0.4) is 0 Å². The Balaban J connectivity index is 2.08. The highest BCUT2D eigenvalue weighted by Gasteiger charge is 2.23. The zero-order valence-corrected chi connectivity index (χ0v) is 11.1. The number of nitrogens with one attached hydrogen (secondary N) is 1. The van der Waals surface area contributed by atoms with Crippen molar-refractivity contribution in [1.29, 1.82) is 0 Å². The van der Waals surface area contributed by atoms with Crippen LogP contribution >= 0.6 is 15.9 Å². The summed E-state index contributed by atoms with van der Waals surface area (Å²) in [5.74, 6) is 0.743. The molecule has 0 bridgehead atoms. The normalized spacial score (nSPS) is 17.4. The van der Waals surface area contributed by atoms with Crippen molar-refractivity contribution < 1.29 is 4.39 Å². The van der Waals surface area contributed by atoms with Gasteiger partial charge in [0.2, 0.25) is 0 Å². The predicted molar refractivity (Wildman–Crippen MR) is 67.9 cm³/mol. The molecule has 0 saturated heterocycles. The number of hydrogen-bond acceptors (Lipinski definition) is 1. The lowest BCUT2D eigenvalue weighted by atomic mass is 10.0. The fourth-order valence-corrected chi connectivity index (χ4v) is 2.59. The molecule has 1 saturated carbocycles. The average Bonchev–Trinajstić information content (AvgIpc) is 3.08. The zero-order valence-electron chi connectivity index (χ0n) is 9.47. The first-order chi connectivity index (χ1) is 7.72. The van der Waals surface area contributed by atoms with Crippen LogP contribution in [0.4, 0.5) is 4.39 Å². The summed E-state index contributed by atoms with van der Waals surface area (Å²) in [7, 11) is 1.94. The molecule has 0 amide bonds. The van der Waals surface area contributed by atoms with Gasteiger partial charge in [0, 0.05) is 6.04 Å². The quantitative estimate of drug-likeness (QED) is 0.861. The Morgan fingerprint density at radius 1 is 1.50 bits per heavy atom. The first-order valence-corrected chi connectivity index (χ1v) is 6.63. The van der Waals surface area contributed by atoms with Crippen LogP contribution in [-0.2, 0) is 0 Å². The van der Waals surface area contributed by atoms with Crippen LogP contribution in [0.2, 0.25) is 0 Å². The molecular weight excluding hydrogens is 269 g/mol. The lowest BCUT2D eigenvalue weighted by Crippen LogP contribution is -2.17. The van der Waals surface area contributed by atoms with Gasteiger partial charge in [-0.1, -0.05) is 25.0 Å². The van der Waals surface area contributed by atoms with Gasteiger partial charge < -0.3 is 5.32 Å². The SMILES string of the molecule is CNC(CCC1CC1)c1cccc(F)c1Br. The van der Waals surface area contributed by atoms with Crippen molar-refractivity contribution in [3.8, 4) is 0 Å². The van der Waals surface area contributed by atoms with Crippen molar-refractivity contribution in [2.75, 3.05) is 7.05 Å². The van der Waals surface area contributed by atoms with Crippen molar-refractivity contribution in [1.82, 2.24) is 5.32 Å². The van der Waals surface area contributed by atoms with E-state index in [2.05, 4.69) is 21.2 Å². The van der Waals surface area contributed by atoms with E-state index in [1.807, 2.05) is 13.1 Å². The Hall–Kier alpha value is -0.410. The summed E-state index contributed by atoms with van der Waals surface area (Å²) in [6.45, 7) is 0. The summed E-state index contributed by atoms with van der Waals surface area (Å²) in [5, 5.41) is 3.27. The van der Waals surface area contributed by atoms with Crippen LogP contribution in [0.25, 0.3) is 0 Å². The van der Waals surface area contributed by atoms with Gasteiger partial charge in [0.15, 0.2) is 0 Å². The fraction of sp³-hybridized carbons (Fsp3) is 0.538. The van der Waals surface area contributed by atoms with Gasteiger partial charge >= 0.3 is 0 Å². The van der Waals surface area contributed by atoms with Gasteiger partial charge in [0.1, 0.15) is 5.82 Å². The average molecular weight is 286 g/mol. The molecule has 1 nitrogen and oxygen atoms in total. The van der Waals surface area contributed by atoms with E-state index in [0.29, 0.717) is 4.47 Å². The summed E-state index contributed by atoms with van der Waals surface area (Å²) in [6.07, 6.45) is 5.08. The maximum absolute atomic E-state index is 13.4. The maximum Gasteiger partial charge on any atom is 0.137 e. The van der Waals surface area contributed by atoms with Crippen molar-refractivity contribution in [2.45, 2.75) is 31.7 Å². The molecule has 1 aromatic carbocycles. The predicted octanol–water partition coefficient (Wildman–Crippen LogP) is 4.04. The zero-order chi connectivity index (χ0) is 11.5. The molecular formula is C13H17BrFN. The van der Waals surface area contributed by atoms with Gasteiger partial charge in [-0.15, -0.1) is 0 Å². The second kappa shape index (κ2) is 5.28. The molecule has 1 fully saturated rings. The highest BCUT2D eigenvalue weighted by molar-refractivity contribution is 9.10. The first kappa shape index (κ1) is 12.1. The molecule has 1 aliphatic carbocycles. The minimum absolute atomic E-state index is 0.177. The molecule has 16 heavy (non-hydrogen) atoms. The van der Waals surface area contributed by atoms with Crippen LogP contribution in [0, 0.1) is 11.7 Å². The molecule has 88 valence electrons. The van der Waals surface area contributed by atoms with E-state index >= 15 is 0 Å². The molecule has 0 radical (unpaired) electrons. The number of rotatable bonds is 5. The van der Waals surface area contributed by atoms with Gasteiger partial charge in [-0.25, -0.2) is 4.39 Å². The Morgan fingerprint density at radius 2 is 2.25 bits per heavy atom. The van der Waals surface area contributed by atoms with Crippen LogP contribution in [0.15, 0.2) is 22.7 Å². The standard InChI is InChI=1S/C13H17BrFN/c1-16-12(8-7-9-5-6-9)10-3-2-4-11(15)13(10)14/h2-4,9,12,16H,5-8H2,1H3. The largest absolute Gasteiger partial charge is 0.313 e. The third kappa shape index (κ3) is 2.83. The van der Waals surface area contributed by atoms with Crippen molar-refractivity contribution in [3.63, 3.8) is 0 Å². The molecule has 3 heteroatoms. The maximum atomic E-state index is 13.4. The second-order valence-corrected chi connectivity index (χ2v) is 5.30. The number of benzene rings is 1. The van der Waals surface area contributed by atoms with E-state index in [9.17, 15) is 4.39 Å².